The number of hydrogen-bond acceptors (Lipinski definition) is 3. The standard InChI is InChI=1S/C16H23N3O2/c1-11(2)21-14-7-5-6-13-12(14)8-9-19(13)10-16(3,4)15(20)18-17/h5-9,11H,10,17H2,1-4H3,(H,18,20). The number of nitrogens with zero attached hydrogens (tertiary/aromatic N) is 1. The summed E-state index contributed by atoms with van der Waals surface area (Å²) in [5.41, 5.74) is 2.69. The molecule has 0 saturated carbocycles. The van der Waals surface area contributed by atoms with E-state index < -0.39 is 5.41 Å². The number of carbonyl (C=O) groups is 1. The number of amides is 1. The summed E-state index contributed by atoms with van der Waals surface area (Å²) in [7, 11) is 0. The van der Waals surface area contributed by atoms with E-state index in [0.29, 0.717) is 6.54 Å². The molecule has 0 aliphatic rings. The van der Waals surface area contributed by atoms with Gasteiger partial charge in [0.15, 0.2) is 0 Å². The summed E-state index contributed by atoms with van der Waals surface area (Å²) in [6.45, 7) is 8.30. The molecule has 0 bridgehead atoms. The Bertz CT molecular complexity index is 644. The molecule has 114 valence electrons. The van der Waals surface area contributed by atoms with Crippen molar-refractivity contribution < 1.29 is 9.53 Å². The average molecular weight is 289 g/mol. The highest BCUT2D eigenvalue weighted by Crippen LogP contribution is 2.29. The third-order valence-electron chi connectivity index (χ3n) is 3.45. The van der Waals surface area contributed by atoms with E-state index in [1.165, 1.54) is 0 Å². The van der Waals surface area contributed by atoms with Crippen LogP contribution in [-0.4, -0.2) is 16.6 Å². The summed E-state index contributed by atoms with van der Waals surface area (Å²) in [6.07, 6.45) is 2.10. The Labute approximate surface area is 125 Å². The Kier molecular flexibility index (Phi) is 4.23. The van der Waals surface area contributed by atoms with Gasteiger partial charge in [-0.2, -0.15) is 0 Å². The number of ether oxygens (including phenoxy) is 1. The normalized spacial score (nSPS) is 11.9. The molecule has 0 aliphatic carbocycles. The van der Waals surface area contributed by atoms with E-state index in [2.05, 4.69) is 9.99 Å². The van der Waals surface area contributed by atoms with Gasteiger partial charge in [-0.05, 0) is 45.9 Å². The Morgan fingerprint density at radius 3 is 2.71 bits per heavy atom. The van der Waals surface area contributed by atoms with Crippen LogP contribution < -0.4 is 16.0 Å². The van der Waals surface area contributed by atoms with Gasteiger partial charge in [-0.25, -0.2) is 5.84 Å². The fourth-order valence-corrected chi connectivity index (χ4v) is 2.38. The number of aromatic nitrogens is 1. The zero-order chi connectivity index (χ0) is 15.6. The number of benzene rings is 1. The van der Waals surface area contributed by atoms with Crippen LogP contribution in [0.5, 0.6) is 5.75 Å². The van der Waals surface area contributed by atoms with Gasteiger partial charge in [0.25, 0.3) is 0 Å². The zero-order valence-corrected chi connectivity index (χ0v) is 13.0. The predicted octanol–water partition coefficient (Wildman–Crippen LogP) is 2.44. The molecule has 0 unspecified atom stereocenters. The third-order valence-corrected chi connectivity index (χ3v) is 3.45. The van der Waals surface area contributed by atoms with Crippen molar-refractivity contribution in [3.63, 3.8) is 0 Å². The third kappa shape index (κ3) is 3.19. The lowest BCUT2D eigenvalue weighted by molar-refractivity contribution is -0.130. The molecule has 0 atom stereocenters. The fourth-order valence-electron chi connectivity index (χ4n) is 2.38. The van der Waals surface area contributed by atoms with Gasteiger partial charge in [-0.3, -0.25) is 10.2 Å². The lowest BCUT2D eigenvalue weighted by atomic mass is 9.92. The highest BCUT2D eigenvalue weighted by Gasteiger charge is 2.28. The van der Waals surface area contributed by atoms with Gasteiger partial charge in [-0.15, -0.1) is 0 Å². The first-order chi connectivity index (χ1) is 9.85. The lowest BCUT2D eigenvalue weighted by Gasteiger charge is -2.23. The molecular weight excluding hydrogens is 266 g/mol. The van der Waals surface area contributed by atoms with E-state index in [0.717, 1.165) is 16.7 Å². The van der Waals surface area contributed by atoms with E-state index in [9.17, 15) is 4.79 Å². The van der Waals surface area contributed by atoms with Crippen molar-refractivity contribution in [2.75, 3.05) is 0 Å². The van der Waals surface area contributed by atoms with Crippen molar-refractivity contribution in [1.82, 2.24) is 9.99 Å². The Hall–Kier alpha value is -2.01. The molecule has 2 rings (SSSR count). The van der Waals surface area contributed by atoms with Crippen LogP contribution in [0.4, 0.5) is 0 Å². The number of nitrogens with two attached hydrogens (primary N) is 1. The highest BCUT2D eigenvalue weighted by molar-refractivity contribution is 5.87. The maximum atomic E-state index is 11.8. The van der Waals surface area contributed by atoms with Gasteiger partial charge >= 0.3 is 0 Å². The summed E-state index contributed by atoms with van der Waals surface area (Å²) in [5.74, 6) is 5.93. The maximum absolute atomic E-state index is 11.8. The smallest absolute Gasteiger partial charge is 0.241 e. The van der Waals surface area contributed by atoms with E-state index in [1.54, 1.807) is 0 Å². The number of fused-ring (bicyclic) bond motifs is 1. The van der Waals surface area contributed by atoms with Gasteiger partial charge in [0, 0.05) is 18.1 Å². The Morgan fingerprint density at radius 2 is 2.10 bits per heavy atom. The second-order valence-corrected chi connectivity index (χ2v) is 6.16. The molecule has 0 radical (unpaired) electrons. The van der Waals surface area contributed by atoms with Crippen molar-refractivity contribution in [2.24, 2.45) is 11.3 Å². The van der Waals surface area contributed by atoms with Crippen molar-refractivity contribution in [3.8, 4) is 5.75 Å². The number of hydrogen-bond donors (Lipinski definition) is 2. The van der Waals surface area contributed by atoms with Crippen LogP contribution in [0, 0.1) is 5.41 Å². The molecule has 3 N–H and O–H groups in total. The van der Waals surface area contributed by atoms with Crippen molar-refractivity contribution in [1.29, 1.82) is 0 Å². The van der Waals surface area contributed by atoms with Gasteiger partial charge in [0.1, 0.15) is 5.75 Å². The molecule has 1 heterocycles. The van der Waals surface area contributed by atoms with Gasteiger partial charge in [-0.1, -0.05) is 6.07 Å². The van der Waals surface area contributed by atoms with E-state index in [4.69, 9.17) is 10.6 Å². The molecule has 5 nitrogen and oxygen atoms in total. The molecule has 21 heavy (non-hydrogen) atoms. The van der Waals surface area contributed by atoms with Crippen LogP contribution in [0.15, 0.2) is 30.5 Å². The molecule has 1 aromatic heterocycles. The molecule has 5 heteroatoms. The first-order valence-electron chi connectivity index (χ1n) is 7.10. The minimum atomic E-state index is -0.588. The van der Waals surface area contributed by atoms with Crippen molar-refractivity contribution in [2.45, 2.75) is 40.3 Å². The second kappa shape index (κ2) is 5.77. The molecular formula is C16H23N3O2. The largest absolute Gasteiger partial charge is 0.490 e. The minimum Gasteiger partial charge on any atom is -0.490 e. The second-order valence-electron chi connectivity index (χ2n) is 6.16. The van der Waals surface area contributed by atoms with Gasteiger partial charge < -0.3 is 9.30 Å². The first kappa shape index (κ1) is 15.4. The number of rotatable bonds is 5. The Morgan fingerprint density at radius 1 is 1.38 bits per heavy atom. The van der Waals surface area contributed by atoms with Crippen LogP contribution in [0.2, 0.25) is 0 Å². The van der Waals surface area contributed by atoms with Crippen LogP contribution >= 0.6 is 0 Å². The summed E-state index contributed by atoms with van der Waals surface area (Å²) >= 11 is 0. The summed E-state index contributed by atoms with van der Waals surface area (Å²) in [6, 6.07) is 7.97. The van der Waals surface area contributed by atoms with E-state index in [1.807, 2.05) is 58.2 Å². The van der Waals surface area contributed by atoms with Gasteiger partial charge in [0.2, 0.25) is 5.91 Å². The van der Waals surface area contributed by atoms with Crippen LogP contribution in [0.25, 0.3) is 10.9 Å². The van der Waals surface area contributed by atoms with Crippen LogP contribution in [0.1, 0.15) is 27.7 Å². The SMILES string of the molecule is CC(C)Oc1cccc2c1ccn2CC(C)(C)C(=O)NN. The molecule has 2 aromatic rings. The summed E-state index contributed by atoms with van der Waals surface area (Å²) in [4.78, 5) is 11.8. The first-order valence-corrected chi connectivity index (χ1v) is 7.10. The topological polar surface area (TPSA) is 69.3 Å². The van der Waals surface area contributed by atoms with Crippen LogP contribution in [0.3, 0.4) is 0 Å². The number of carbonyl (C=O) groups excluding carboxylic acids is 1. The molecule has 0 fully saturated rings. The fraction of sp³-hybridized carbons (Fsp3) is 0.438. The highest BCUT2D eigenvalue weighted by atomic mass is 16.5. The van der Waals surface area contributed by atoms with E-state index >= 15 is 0 Å². The number of nitrogens with one attached hydrogen (secondary N) is 1. The quantitative estimate of drug-likeness (QED) is 0.504. The lowest BCUT2D eigenvalue weighted by Crippen LogP contribution is -2.43. The van der Waals surface area contributed by atoms with Crippen LogP contribution in [-0.2, 0) is 11.3 Å². The minimum absolute atomic E-state index is 0.124. The van der Waals surface area contributed by atoms with Crippen molar-refractivity contribution >= 4 is 16.8 Å². The maximum Gasteiger partial charge on any atom is 0.241 e. The average Bonchev–Trinajstić information content (AvgIpc) is 2.81. The zero-order valence-electron chi connectivity index (χ0n) is 13.0. The molecule has 1 aromatic carbocycles. The molecule has 0 aliphatic heterocycles. The molecule has 1 amide bonds. The van der Waals surface area contributed by atoms with Crippen molar-refractivity contribution in [3.05, 3.63) is 30.5 Å². The van der Waals surface area contributed by atoms with E-state index in [-0.39, 0.29) is 12.0 Å². The number of hydrazine groups is 1. The Balaban J connectivity index is 2.37. The predicted molar refractivity (Wildman–Crippen MR) is 83.8 cm³/mol. The summed E-state index contributed by atoms with van der Waals surface area (Å²) in [5, 5.41) is 1.05. The molecule has 0 saturated heterocycles. The van der Waals surface area contributed by atoms with Gasteiger partial charge in [0.05, 0.1) is 17.0 Å². The summed E-state index contributed by atoms with van der Waals surface area (Å²) < 4.78 is 7.88. The monoisotopic (exact) mass is 289 g/mol. The molecule has 0 spiro atoms.